The molecule has 8 nitrogen and oxygen atoms in total. The highest BCUT2D eigenvalue weighted by molar-refractivity contribution is 5.92. The van der Waals surface area contributed by atoms with Crippen LogP contribution in [0.5, 0.6) is 17.4 Å². The summed E-state index contributed by atoms with van der Waals surface area (Å²) in [5.74, 6) is 0.759. The molecule has 1 N–H and O–H groups in total. The fourth-order valence-corrected chi connectivity index (χ4v) is 2.97. The first kappa shape index (κ1) is 20.6. The van der Waals surface area contributed by atoms with Crippen LogP contribution in [0.25, 0.3) is 11.0 Å². The van der Waals surface area contributed by atoms with E-state index in [0.29, 0.717) is 28.3 Å². The quantitative estimate of drug-likeness (QED) is 0.459. The minimum absolute atomic E-state index is 0.214. The molecule has 2 aromatic carbocycles. The number of nitriles is 1. The summed E-state index contributed by atoms with van der Waals surface area (Å²) in [5, 5.41) is 12.7. The molecule has 158 valence electrons. The molecule has 0 saturated heterocycles. The van der Waals surface area contributed by atoms with Gasteiger partial charge in [0.1, 0.15) is 28.7 Å². The molecule has 2 heterocycles. The molecule has 0 radical (unpaired) electrons. The highest BCUT2D eigenvalue weighted by Gasteiger charge is 2.10. The van der Waals surface area contributed by atoms with Gasteiger partial charge in [0.05, 0.1) is 0 Å². The zero-order valence-electron chi connectivity index (χ0n) is 17.0. The van der Waals surface area contributed by atoms with E-state index in [4.69, 9.17) is 19.2 Å². The Labute approximate surface area is 182 Å². The van der Waals surface area contributed by atoms with Crippen molar-refractivity contribution in [3.8, 4) is 23.4 Å². The molecule has 0 atom stereocenters. The van der Waals surface area contributed by atoms with E-state index in [2.05, 4.69) is 10.3 Å². The molecule has 0 bridgehead atoms. The SMILES string of the molecule is Cc1cc(Oc2ncccc2C#N)ccc1NC(=O)COc1ccc2ccc(=O)oc2c1. The van der Waals surface area contributed by atoms with Crippen molar-refractivity contribution in [3.63, 3.8) is 0 Å². The first-order chi connectivity index (χ1) is 15.5. The Morgan fingerprint density at radius 3 is 2.75 bits per heavy atom. The van der Waals surface area contributed by atoms with Gasteiger partial charge in [-0.15, -0.1) is 0 Å². The van der Waals surface area contributed by atoms with Gasteiger partial charge in [-0.05, 0) is 61.0 Å². The number of hydrogen-bond donors (Lipinski definition) is 1. The minimum Gasteiger partial charge on any atom is -0.484 e. The van der Waals surface area contributed by atoms with Gasteiger partial charge < -0.3 is 19.2 Å². The third kappa shape index (κ3) is 4.74. The Morgan fingerprint density at radius 1 is 1.12 bits per heavy atom. The zero-order chi connectivity index (χ0) is 22.5. The molecule has 0 unspecified atom stereocenters. The van der Waals surface area contributed by atoms with Crippen molar-refractivity contribution in [2.75, 3.05) is 11.9 Å². The standard InChI is InChI=1S/C24H17N3O5/c1-15-11-19(31-24-17(13-25)3-2-10-26-24)7-8-20(15)27-22(28)14-30-18-6-4-16-5-9-23(29)32-21(16)12-18/h2-12H,14H2,1H3,(H,27,28). The maximum Gasteiger partial charge on any atom is 0.336 e. The second-order valence-corrected chi connectivity index (χ2v) is 6.84. The van der Waals surface area contributed by atoms with Crippen LogP contribution in [0, 0.1) is 18.3 Å². The number of nitrogens with one attached hydrogen (secondary N) is 1. The van der Waals surface area contributed by atoms with Crippen molar-refractivity contribution in [2.24, 2.45) is 0 Å². The van der Waals surface area contributed by atoms with Crippen LogP contribution in [0.15, 0.2) is 76.1 Å². The van der Waals surface area contributed by atoms with Crippen LogP contribution in [0.4, 0.5) is 5.69 Å². The predicted molar refractivity (Wildman–Crippen MR) is 117 cm³/mol. The third-order valence-electron chi connectivity index (χ3n) is 4.54. The average Bonchev–Trinajstić information content (AvgIpc) is 2.79. The van der Waals surface area contributed by atoms with Crippen LogP contribution in [-0.4, -0.2) is 17.5 Å². The molecule has 0 aliphatic carbocycles. The number of ether oxygens (including phenoxy) is 2. The number of aryl methyl sites for hydroxylation is 1. The smallest absolute Gasteiger partial charge is 0.336 e. The third-order valence-corrected chi connectivity index (χ3v) is 4.54. The van der Waals surface area contributed by atoms with E-state index in [1.165, 1.54) is 6.07 Å². The topological polar surface area (TPSA) is 114 Å². The van der Waals surface area contributed by atoms with Crippen molar-refractivity contribution in [1.29, 1.82) is 5.26 Å². The number of rotatable bonds is 6. The molecule has 4 aromatic rings. The fourth-order valence-electron chi connectivity index (χ4n) is 2.97. The lowest BCUT2D eigenvalue weighted by atomic mass is 10.2. The molecular weight excluding hydrogens is 410 g/mol. The number of amides is 1. The van der Waals surface area contributed by atoms with Crippen LogP contribution in [0.1, 0.15) is 11.1 Å². The predicted octanol–water partition coefficient (Wildman–Crippen LogP) is 4.18. The molecule has 8 heteroatoms. The van der Waals surface area contributed by atoms with Gasteiger partial charge in [-0.1, -0.05) is 0 Å². The summed E-state index contributed by atoms with van der Waals surface area (Å²) in [7, 11) is 0. The van der Waals surface area contributed by atoms with E-state index in [-0.39, 0.29) is 18.4 Å². The van der Waals surface area contributed by atoms with E-state index in [1.807, 2.05) is 13.0 Å². The van der Waals surface area contributed by atoms with Gasteiger partial charge in [-0.25, -0.2) is 9.78 Å². The van der Waals surface area contributed by atoms with Gasteiger partial charge in [-0.3, -0.25) is 4.79 Å². The molecule has 2 aromatic heterocycles. The van der Waals surface area contributed by atoms with Gasteiger partial charge in [0.25, 0.3) is 5.91 Å². The number of nitrogens with zero attached hydrogens (tertiary/aromatic N) is 2. The maximum absolute atomic E-state index is 12.3. The van der Waals surface area contributed by atoms with Crippen LogP contribution >= 0.6 is 0 Å². The summed E-state index contributed by atoms with van der Waals surface area (Å²) in [5.41, 5.74) is 1.61. The summed E-state index contributed by atoms with van der Waals surface area (Å²) in [6.45, 7) is 1.60. The van der Waals surface area contributed by atoms with Crippen molar-refractivity contribution >= 4 is 22.6 Å². The molecule has 1 amide bonds. The highest BCUT2D eigenvalue weighted by Crippen LogP contribution is 2.27. The maximum atomic E-state index is 12.3. The van der Waals surface area contributed by atoms with Gasteiger partial charge >= 0.3 is 5.63 Å². The Bertz CT molecular complexity index is 1400. The molecule has 4 rings (SSSR count). The molecular formula is C24H17N3O5. The first-order valence-corrected chi connectivity index (χ1v) is 9.62. The van der Waals surface area contributed by atoms with Crippen LogP contribution in [-0.2, 0) is 4.79 Å². The minimum atomic E-state index is -0.456. The summed E-state index contributed by atoms with van der Waals surface area (Å²) in [6, 6.07) is 18.4. The number of anilines is 1. The van der Waals surface area contributed by atoms with Crippen molar-refractivity contribution in [3.05, 3.63) is 88.4 Å². The lowest BCUT2D eigenvalue weighted by molar-refractivity contribution is -0.118. The number of pyridine rings is 1. The van der Waals surface area contributed by atoms with Crippen molar-refractivity contribution in [2.45, 2.75) is 6.92 Å². The van der Waals surface area contributed by atoms with Gasteiger partial charge in [0.15, 0.2) is 6.61 Å². The second-order valence-electron chi connectivity index (χ2n) is 6.84. The van der Waals surface area contributed by atoms with Gasteiger partial charge in [-0.2, -0.15) is 5.26 Å². The van der Waals surface area contributed by atoms with Crippen molar-refractivity contribution in [1.82, 2.24) is 4.98 Å². The highest BCUT2D eigenvalue weighted by atomic mass is 16.5. The number of benzene rings is 2. The lowest BCUT2D eigenvalue weighted by Crippen LogP contribution is -2.20. The molecule has 0 aliphatic heterocycles. The molecule has 0 spiro atoms. The fraction of sp³-hybridized carbons (Fsp3) is 0.0833. The summed E-state index contributed by atoms with van der Waals surface area (Å²) >= 11 is 0. The second kappa shape index (κ2) is 9.02. The Kier molecular flexibility index (Phi) is 5.81. The first-order valence-electron chi connectivity index (χ1n) is 9.62. The van der Waals surface area contributed by atoms with E-state index in [9.17, 15) is 9.59 Å². The molecule has 0 saturated carbocycles. The largest absolute Gasteiger partial charge is 0.484 e. The summed E-state index contributed by atoms with van der Waals surface area (Å²) in [4.78, 5) is 27.8. The number of aromatic nitrogens is 1. The van der Waals surface area contributed by atoms with Crippen LogP contribution < -0.4 is 20.4 Å². The number of hydrogen-bond acceptors (Lipinski definition) is 7. The van der Waals surface area contributed by atoms with Crippen molar-refractivity contribution < 1.29 is 18.7 Å². The van der Waals surface area contributed by atoms with Crippen LogP contribution in [0.2, 0.25) is 0 Å². The number of fused-ring (bicyclic) bond motifs is 1. The lowest BCUT2D eigenvalue weighted by Gasteiger charge is -2.12. The van der Waals surface area contributed by atoms with Crippen LogP contribution in [0.3, 0.4) is 0 Å². The summed E-state index contributed by atoms with van der Waals surface area (Å²) in [6.07, 6.45) is 1.54. The Hall–Kier alpha value is -4.64. The monoisotopic (exact) mass is 427 g/mol. The Balaban J connectivity index is 1.39. The number of carbonyl (C=O) groups excluding carboxylic acids is 1. The number of carbonyl (C=O) groups is 1. The van der Waals surface area contributed by atoms with E-state index in [0.717, 1.165) is 10.9 Å². The zero-order valence-corrected chi connectivity index (χ0v) is 17.0. The van der Waals surface area contributed by atoms with E-state index in [1.54, 1.807) is 60.8 Å². The average molecular weight is 427 g/mol. The van der Waals surface area contributed by atoms with Gasteiger partial charge in [0, 0.05) is 29.4 Å². The van der Waals surface area contributed by atoms with Gasteiger partial charge in [0.2, 0.25) is 5.88 Å². The molecule has 32 heavy (non-hydrogen) atoms. The summed E-state index contributed by atoms with van der Waals surface area (Å²) < 4.78 is 16.3. The van der Waals surface area contributed by atoms with E-state index < -0.39 is 5.63 Å². The normalized spacial score (nSPS) is 10.4. The Morgan fingerprint density at radius 2 is 1.94 bits per heavy atom. The molecule has 0 aliphatic rings. The molecule has 0 fully saturated rings. The van der Waals surface area contributed by atoms with E-state index >= 15 is 0 Å².